The summed E-state index contributed by atoms with van der Waals surface area (Å²) in [5.74, 6) is 2.55. The van der Waals surface area contributed by atoms with E-state index in [4.69, 9.17) is 22.1 Å². The minimum Gasteiger partial charge on any atom is -0.494 e. The summed E-state index contributed by atoms with van der Waals surface area (Å²) in [5, 5.41) is 1.90. The minimum absolute atomic E-state index is 0.727. The number of nitrogens with zero attached hydrogens (tertiary/aromatic N) is 1. The largest absolute Gasteiger partial charge is 0.494 e. The van der Waals surface area contributed by atoms with E-state index < -0.39 is 0 Å². The van der Waals surface area contributed by atoms with Crippen molar-refractivity contribution < 1.29 is 4.74 Å². The van der Waals surface area contributed by atoms with Gasteiger partial charge in [0.1, 0.15) is 5.75 Å². The molecule has 1 fully saturated rings. The Balaban J connectivity index is 1.33. The van der Waals surface area contributed by atoms with Gasteiger partial charge >= 0.3 is 0 Å². The quantitative estimate of drug-likeness (QED) is 0.438. The lowest BCUT2D eigenvalue weighted by molar-refractivity contribution is 0.296. The van der Waals surface area contributed by atoms with Gasteiger partial charge < -0.3 is 10.5 Å². The van der Waals surface area contributed by atoms with Crippen LogP contribution in [0.1, 0.15) is 32.1 Å². The first-order chi connectivity index (χ1) is 13.2. The van der Waals surface area contributed by atoms with Crippen molar-refractivity contribution in [2.24, 2.45) is 17.6 Å². The van der Waals surface area contributed by atoms with Gasteiger partial charge in [-0.3, -0.25) is 0 Å². The van der Waals surface area contributed by atoms with Crippen LogP contribution in [0.15, 0.2) is 42.5 Å². The zero-order valence-corrected chi connectivity index (χ0v) is 16.9. The van der Waals surface area contributed by atoms with E-state index in [2.05, 4.69) is 16.5 Å². The second-order valence-corrected chi connectivity index (χ2v) is 8.61. The van der Waals surface area contributed by atoms with E-state index in [-0.39, 0.29) is 0 Å². The van der Waals surface area contributed by atoms with Crippen LogP contribution in [-0.4, -0.2) is 17.5 Å². The Morgan fingerprint density at radius 2 is 1.96 bits per heavy atom. The highest BCUT2D eigenvalue weighted by molar-refractivity contribution is 7.13. The molecule has 3 nitrogen and oxygen atoms in total. The predicted molar refractivity (Wildman–Crippen MR) is 115 cm³/mol. The van der Waals surface area contributed by atoms with Crippen LogP contribution in [0.5, 0.6) is 5.75 Å². The van der Waals surface area contributed by atoms with Crippen LogP contribution in [0.25, 0.3) is 21.3 Å². The maximum Gasteiger partial charge on any atom is 0.120 e. The average molecular weight is 401 g/mol. The normalized spacial score (nSPS) is 15.2. The first-order valence-electron chi connectivity index (χ1n) is 9.73. The molecular weight excluding hydrogens is 376 g/mol. The second kappa shape index (κ2) is 8.59. The number of benzene rings is 2. The SMILES string of the molecule is NCC(CCCCOc1ccc2c(-c3ccc(Cl)cc3)nsc2c1)C1CC1. The molecule has 0 amide bonds. The van der Waals surface area contributed by atoms with E-state index in [1.807, 2.05) is 30.3 Å². The van der Waals surface area contributed by atoms with E-state index in [0.717, 1.165) is 63.5 Å². The van der Waals surface area contributed by atoms with Gasteiger partial charge in [-0.15, -0.1) is 0 Å². The topological polar surface area (TPSA) is 48.1 Å². The summed E-state index contributed by atoms with van der Waals surface area (Å²) in [6.45, 7) is 1.60. The maximum atomic E-state index is 5.99. The molecule has 27 heavy (non-hydrogen) atoms. The summed E-state index contributed by atoms with van der Waals surface area (Å²) >= 11 is 7.50. The van der Waals surface area contributed by atoms with Gasteiger partial charge in [0.05, 0.1) is 17.0 Å². The van der Waals surface area contributed by atoms with Crippen molar-refractivity contribution in [2.45, 2.75) is 32.1 Å². The smallest absolute Gasteiger partial charge is 0.120 e. The molecule has 1 unspecified atom stereocenters. The molecule has 3 aromatic rings. The highest BCUT2D eigenvalue weighted by Crippen LogP contribution is 2.38. The number of unbranched alkanes of at least 4 members (excludes halogenated alkanes) is 1. The molecule has 5 heteroatoms. The molecule has 0 aliphatic heterocycles. The van der Waals surface area contributed by atoms with Crippen molar-refractivity contribution in [1.82, 2.24) is 4.37 Å². The predicted octanol–water partition coefficient (Wildman–Crippen LogP) is 6.15. The van der Waals surface area contributed by atoms with Crippen molar-refractivity contribution in [3.63, 3.8) is 0 Å². The van der Waals surface area contributed by atoms with Crippen LogP contribution in [-0.2, 0) is 0 Å². The maximum absolute atomic E-state index is 5.99. The molecule has 2 aromatic carbocycles. The highest BCUT2D eigenvalue weighted by atomic mass is 35.5. The van der Waals surface area contributed by atoms with Crippen LogP contribution in [0.3, 0.4) is 0 Å². The third-order valence-electron chi connectivity index (χ3n) is 5.39. The summed E-state index contributed by atoms with van der Waals surface area (Å²) in [6.07, 6.45) is 6.28. The van der Waals surface area contributed by atoms with Crippen molar-refractivity contribution >= 4 is 33.2 Å². The van der Waals surface area contributed by atoms with Gasteiger partial charge in [-0.2, -0.15) is 4.37 Å². The summed E-state index contributed by atoms with van der Waals surface area (Å²) in [4.78, 5) is 0. The highest BCUT2D eigenvalue weighted by Gasteiger charge is 2.29. The molecule has 1 aromatic heterocycles. The molecule has 1 saturated carbocycles. The Kier molecular flexibility index (Phi) is 5.96. The fourth-order valence-electron chi connectivity index (χ4n) is 3.64. The van der Waals surface area contributed by atoms with Gasteiger partial charge in [-0.05, 0) is 92.3 Å². The molecule has 1 aliphatic rings. The van der Waals surface area contributed by atoms with Crippen molar-refractivity contribution in [3.05, 3.63) is 47.5 Å². The number of hydrogen-bond acceptors (Lipinski definition) is 4. The molecule has 1 aliphatic carbocycles. The first-order valence-corrected chi connectivity index (χ1v) is 10.9. The van der Waals surface area contributed by atoms with E-state index in [1.165, 1.54) is 37.2 Å². The lowest BCUT2D eigenvalue weighted by atomic mass is 9.97. The molecule has 0 radical (unpaired) electrons. The number of hydrogen-bond donors (Lipinski definition) is 1. The molecule has 0 spiro atoms. The van der Waals surface area contributed by atoms with E-state index in [0.29, 0.717) is 0 Å². The molecular formula is C22H25ClN2OS. The van der Waals surface area contributed by atoms with Crippen LogP contribution >= 0.6 is 23.1 Å². The standard InChI is InChI=1S/C22H25ClN2OS/c23-18-8-6-16(7-9-18)22-20-11-10-19(13-21(20)27-25-22)26-12-2-1-3-17(14-24)15-4-5-15/h6-11,13,15,17H,1-5,12,14,24H2. The number of rotatable bonds is 9. The van der Waals surface area contributed by atoms with Gasteiger partial charge in [0, 0.05) is 16.0 Å². The zero-order chi connectivity index (χ0) is 18.6. The molecule has 2 N–H and O–H groups in total. The fraction of sp³-hybridized carbons (Fsp3) is 0.409. The number of aromatic nitrogens is 1. The molecule has 142 valence electrons. The van der Waals surface area contributed by atoms with Gasteiger partial charge in [0.2, 0.25) is 0 Å². The van der Waals surface area contributed by atoms with Crippen LogP contribution in [0.4, 0.5) is 0 Å². The lowest BCUT2D eigenvalue weighted by Gasteiger charge is -2.13. The zero-order valence-electron chi connectivity index (χ0n) is 15.4. The van der Waals surface area contributed by atoms with Crippen molar-refractivity contribution in [1.29, 1.82) is 0 Å². The number of ether oxygens (including phenoxy) is 1. The Labute approximate surface area is 169 Å². The first kappa shape index (κ1) is 18.7. The molecule has 4 rings (SSSR count). The monoisotopic (exact) mass is 400 g/mol. The Morgan fingerprint density at radius 1 is 1.15 bits per heavy atom. The van der Waals surface area contributed by atoms with Crippen LogP contribution in [0.2, 0.25) is 5.02 Å². The van der Waals surface area contributed by atoms with Crippen molar-refractivity contribution in [2.75, 3.05) is 13.2 Å². The number of halogens is 1. The minimum atomic E-state index is 0.727. The van der Waals surface area contributed by atoms with E-state index in [1.54, 1.807) is 0 Å². The number of nitrogens with two attached hydrogens (primary N) is 1. The van der Waals surface area contributed by atoms with E-state index >= 15 is 0 Å². The average Bonchev–Trinajstić information content (AvgIpc) is 3.44. The van der Waals surface area contributed by atoms with Gasteiger partial charge in [0.25, 0.3) is 0 Å². The van der Waals surface area contributed by atoms with Crippen LogP contribution < -0.4 is 10.5 Å². The Morgan fingerprint density at radius 3 is 2.70 bits per heavy atom. The van der Waals surface area contributed by atoms with Crippen LogP contribution in [0, 0.1) is 11.8 Å². The number of fused-ring (bicyclic) bond motifs is 1. The fourth-order valence-corrected chi connectivity index (χ4v) is 4.59. The summed E-state index contributed by atoms with van der Waals surface area (Å²) in [6, 6.07) is 14.1. The molecule has 0 saturated heterocycles. The van der Waals surface area contributed by atoms with Gasteiger partial charge in [-0.25, -0.2) is 0 Å². The molecule has 1 heterocycles. The van der Waals surface area contributed by atoms with Crippen molar-refractivity contribution in [3.8, 4) is 17.0 Å². The van der Waals surface area contributed by atoms with Gasteiger partial charge in [0.15, 0.2) is 0 Å². The third-order valence-corrected chi connectivity index (χ3v) is 6.45. The van der Waals surface area contributed by atoms with E-state index in [9.17, 15) is 0 Å². The summed E-state index contributed by atoms with van der Waals surface area (Å²) < 4.78 is 11.7. The molecule has 0 bridgehead atoms. The lowest BCUT2D eigenvalue weighted by Crippen LogP contribution is -2.16. The Bertz CT molecular complexity index is 889. The molecule has 1 atom stereocenters. The summed E-state index contributed by atoms with van der Waals surface area (Å²) in [7, 11) is 0. The van der Waals surface area contributed by atoms with Gasteiger partial charge in [-0.1, -0.05) is 23.7 Å². The summed E-state index contributed by atoms with van der Waals surface area (Å²) in [5.41, 5.74) is 7.97. The second-order valence-electron chi connectivity index (χ2n) is 7.37. The Hall–Kier alpha value is -1.62. The third kappa shape index (κ3) is 4.63.